The first-order valence-corrected chi connectivity index (χ1v) is 3.82. The highest BCUT2D eigenvalue weighted by Gasteiger charge is 2.28. The van der Waals surface area contributed by atoms with Crippen LogP contribution < -0.4 is 10.9 Å². The summed E-state index contributed by atoms with van der Waals surface area (Å²) in [6, 6.07) is 0. The van der Waals surface area contributed by atoms with Crippen LogP contribution in [0.25, 0.3) is 0 Å². The summed E-state index contributed by atoms with van der Waals surface area (Å²) in [4.78, 5) is 15.0. The Labute approximate surface area is 75.1 Å². The number of hydrogen-bond donors (Lipinski definition) is 2. The molecule has 74 valence electrons. The van der Waals surface area contributed by atoms with Gasteiger partial charge in [0.2, 0.25) is 0 Å². The van der Waals surface area contributed by atoms with Gasteiger partial charge in [-0.15, -0.1) is 0 Å². The predicted molar refractivity (Wildman–Crippen MR) is 40.1 cm³/mol. The van der Waals surface area contributed by atoms with E-state index in [0.29, 0.717) is 11.3 Å². The third-order valence-electron chi connectivity index (χ3n) is 1.85. The summed E-state index contributed by atoms with van der Waals surface area (Å²) in [6.45, 7) is 1.61. The van der Waals surface area contributed by atoms with Crippen LogP contribution in [-0.4, -0.2) is 22.5 Å². The number of carbonyl (C=O) groups is 1. The molecule has 0 spiro atoms. The van der Waals surface area contributed by atoms with Crippen LogP contribution in [-0.2, 0) is 9.63 Å². The van der Waals surface area contributed by atoms with Crippen LogP contribution in [0, 0.1) is 0 Å². The number of hydrogen-bond acceptors (Lipinski definition) is 6. The minimum absolute atomic E-state index is 0.152. The van der Waals surface area contributed by atoms with Crippen LogP contribution in [0.1, 0.15) is 19.8 Å². The van der Waals surface area contributed by atoms with Gasteiger partial charge < -0.3 is 19.8 Å². The Hall–Kier alpha value is -1.11. The molecule has 13 heavy (non-hydrogen) atoms. The van der Waals surface area contributed by atoms with E-state index >= 15 is 0 Å². The molecule has 0 aromatic rings. The monoisotopic (exact) mass is 187 g/mol. The van der Waals surface area contributed by atoms with Crippen molar-refractivity contribution in [2.24, 2.45) is 5.84 Å². The van der Waals surface area contributed by atoms with E-state index in [4.69, 9.17) is 10.7 Å². The molecule has 0 fully saturated rings. The van der Waals surface area contributed by atoms with E-state index in [1.54, 1.807) is 6.92 Å². The standard InChI is InChI=1S/C7H12N2O4/c1-4-5(2-3-6(10)11)7(12)9(8)13-4/h7,12H,2-3,8H2,1H3,(H,10,11)/p-1. The summed E-state index contributed by atoms with van der Waals surface area (Å²) in [5, 5.41) is 20.3. The van der Waals surface area contributed by atoms with Crippen molar-refractivity contribution in [2.45, 2.75) is 26.0 Å². The van der Waals surface area contributed by atoms with Gasteiger partial charge in [-0.2, -0.15) is 0 Å². The van der Waals surface area contributed by atoms with E-state index in [-0.39, 0.29) is 12.8 Å². The number of nitrogens with two attached hydrogens (primary N) is 1. The predicted octanol–water partition coefficient (Wildman–Crippen LogP) is -1.77. The zero-order chi connectivity index (χ0) is 10.0. The van der Waals surface area contributed by atoms with Crippen molar-refractivity contribution in [1.82, 2.24) is 5.17 Å². The number of carboxylic acid groups (broad SMARTS) is 1. The van der Waals surface area contributed by atoms with Gasteiger partial charge in [0, 0.05) is 11.5 Å². The lowest BCUT2D eigenvalue weighted by molar-refractivity contribution is -0.305. The molecule has 0 radical (unpaired) electrons. The molecular weight excluding hydrogens is 176 g/mol. The molecule has 1 heterocycles. The van der Waals surface area contributed by atoms with Crippen LogP contribution in [0.5, 0.6) is 0 Å². The normalized spacial score (nSPS) is 23.5. The molecule has 6 heteroatoms. The summed E-state index contributed by atoms with van der Waals surface area (Å²) < 4.78 is 0. The van der Waals surface area contributed by atoms with Gasteiger partial charge in [-0.05, 0) is 24.9 Å². The molecule has 1 unspecified atom stereocenters. The Bertz CT molecular complexity index is 251. The lowest BCUT2D eigenvalue weighted by atomic mass is 10.1. The SMILES string of the molecule is CC1=C(CCC(=O)[O-])C(O)N(N)O1. The second-order valence-electron chi connectivity index (χ2n) is 2.78. The molecule has 6 nitrogen and oxygen atoms in total. The third-order valence-corrected chi connectivity index (χ3v) is 1.85. The number of nitrogens with zero attached hydrogens (tertiary/aromatic N) is 1. The lowest BCUT2D eigenvalue weighted by Crippen LogP contribution is -2.36. The molecule has 0 aromatic carbocycles. The summed E-state index contributed by atoms with van der Waals surface area (Å²) in [5.41, 5.74) is 0.478. The Morgan fingerprint density at radius 2 is 2.46 bits per heavy atom. The Balaban J connectivity index is 2.57. The first-order valence-electron chi connectivity index (χ1n) is 3.82. The maximum absolute atomic E-state index is 10.1. The molecule has 0 saturated carbocycles. The smallest absolute Gasteiger partial charge is 0.181 e. The van der Waals surface area contributed by atoms with E-state index in [1.807, 2.05) is 0 Å². The van der Waals surface area contributed by atoms with Gasteiger partial charge in [0.1, 0.15) is 5.76 Å². The number of rotatable bonds is 3. The number of aliphatic hydroxyl groups excluding tert-OH is 1. The van der Waals surface area contributed by atoms with Crippen LogP contribution in [0.2, 0.25) is 0 Å². The minimum Gasteiger partial charge on any atom is -0.550 e. The molecule has 3 N–H and O–H groups in total. The summed E-state index contributed by atoms with van der Waals surface area (Å²) >= 11 is 0. The number of aliphatic hydroxyl groups is 1. The summed E-state index contributed by atoms with van der Waals surface area (Å²) in [7, 11) is 0. The first-order chi connectivity index (χ1) is 6.02. The second kappa shape index (κ2) is 3.73. The zero-order valence-corrected chi connectivity index (χ0v) is 7.19. The van der Waals surface area contributed by atoms with Crippen molar-refractivity contribution in [3.63, 3.8) is 0 Å². The van der Waals surface area contributed by atoms with E-state index in [2.05, 4.69) is 0 Å². The molecule has 0 amide bonds. The van der Waals surface area contributed by atoms with Crippen molar-refractivity contribution < 1.29 is 19.8 Å². The van der Waals surface area contributed by atoms with E-state index in [1.165, 1.54) is 0 Å². The number of allylic oxidation sites excluding steroid dienone is 1. The maximum Gasteiger partial charge on any atom is 0.181 e. The Kier molecular flexibility index (Phi) is 2.86. The minimum atomic E-state index is -1.16. The van der Waals surface area contributed by atoms with Gasteiger partial charge in [0.15, 0.2) is 6.23 Å². The molecule has 0 bridgehead atoms. The van der Waals surface area contributed by atoms with Gasteiger partial charge in [-0.25, -0.2) is 5.84 Å². The fourth-order valence-corrected chi connectivity index (χ4v) is 1.14. The number of hydroxylamine groups is 1. The highest BCUT2D eigenvalue weighted by atomic mass is 16.7. The number of aliphatic carboxylic acids is 1. The highest BCUT2D eigenvalue weighted by molar-refractivity contribution is 5.64. The van der Waals surface area contributed by atoms with Crippen LogP contribution in [0.15, 0.2) is 11.3 Å². The van der Waals surface area contributed by atoms with Gasteiger partial charge >= 0.3 is 0 Å². The summed E-state index contributed by atoms with van der Waals surface area (Å²) in [6.07, 6.45) is -1.02. The van der Waals surface area contributed by atoms with E-state index < -0.39 is 12.2 Å². The Morgan fingerprint density at radius 1 is 1.85 bits per heavy atom. The average molecular weight is 187 g/mol. The lowest BCUT2D eigenvalue weighted by Gasteiger charge is -2.13. The van der Waals surface area contributed by atoms with Crippen molar-refractivity contribution in [2.75, 3.05) is 0 Å². The second-order valence-corrected chi connectivity index (χ2v) is 2.78. The summed E-state index contributed by atoms with van der Waals surface area (Å²) in [5.74, 6) is 4.50. The molecule has 1 rings (SSSR count). The van der Waals surface area contributed by atoms with Crippen LogP contribution in [0.4, 0.5) is 0 Å². The van der Waals surface area contributed by atoms with E-state index in [9.17, 15) is 15.0 Å². The van der Waals surface area contributed by atoms with Gasteiger partial charge in [-0.1, -0.05) is 0 Å². The molecule has 0 aromatic heterocycles. The number of hydrazine groups is 1. The van der Waals surface area contributed by atoms with Gasteiger partial charge in [-0.3, -0.25) is 0 Å². The topological polar surface area (TPSA) is 98.9 Å². The van der Waals surface area contributed by atoms with Crippen molar-refractivity contribution in [3.05, 3.63) is 11.3 Å². The fraction of sp³-hybridized carbons (Fsp3) is 0.571. The molecule has 0 aliphatic carbocycles. The molecule has 0 saturated heterocycles. The molecule has 1 atom stereocenters. The van der Waals surface area contributed by atoms with Crippen molar-refractivity contribution in [3.8, 4) is 0 Å². The molecular formula is C7H11N2O4-. The quantitative estimate of drug-likeness (QED) is 0.507. The van der Waals surface area contributed by atoms with Gasteiger partial charge in [0.25, 0.3) is 0 Å². The van der Waals surface area contributed by atoms with E-state index in [0.717, 1.165) is 5.17 Å². The van der Waals surface area contributed by atoms with Crippen LogP contribution in [0.3, 0.4) is 0 Å². The van der Waals surface area contributed by atoms with Crippen molar-refractivity contribution in [1.29, 1.82) is 0 Å². The largest absolute Gasteiger partial charge is 0.550 e. The maximum atomic E-state index is 10.1. The fourth-order valence-electron chi connectivity index (χ4n) is 1.14. The van der Waals surface area contributed by atoms with Gasteiger partial charge in [0.05, 0.1) is 0 Å². The number of carboxylic acids is 1. The number of carbonyl (C=O) groups excluding carboxylic acids is 1. The zero-order valence-electron chi connectivity index (χ0n) is 7.19. The third kappa shape index (κ3) is 2.18. The molecule has 1 aliphatic heterocycles. The molecule has 1 aliphatic rings. The van der Waals surface area contributed by atoms with Crippen molar-refractivity contribution >= 4 is 5.97 Å². The Morgan fingerprint density at radius 3 is 2.85 bits per heavy atom. The first kappa shape index (κ1) is 9.97. The average Bonchev–Trinajstić information content (AvgIpc) is 2.24. The highest BCUT2D eigenvalue weighted by Crippen LogP contribution is 2.24. The van der Waals surface area contributed by atoms with Crippen LogP contribution >= 0.6 is 0 Å².